The third-order valence-corrected chi connectivity index (χ3v) is 2.57. The maximum Gasteiger partial charge on any atom is 0.337 e. The van der Waals surface area contributed by atoms with Crippen molar-refractivity contribution >= 4 is 5.97 Å². The second-order valence-electron chi connectivity index (χ2n) is 3.46. The third kappa shape index (κ3) is 2.50. The van der Waals surface area contributed by atoms with E-state index < -0.39 is 12.1 Å². The van der Waals surface area contributed by atoms with Crippen LogP contribution in [-0.4, -0.2) is 30.4 Å². The van der Waals surface area contributed by atoms with Gasteiger partial charge in [-0.1, -0.05) is 6.92 Å². The van der Waals surface area contributed by atoms with Gasteiger partial charge in [0.05, 0.1) is 14.2 Å². The van der Waals surface area contributed by atoms with E-state index in [4.69, 9.17) is 14.6 Å². The summed E-state index contributed by atoms with van der Waals surface area (Å²) in [7, 11) is 2.93. The Labute approximate surface area is 99.6 Å². The summed E-state index contributed by atoms with van der Waals surface area (Å²) in [4.78, 5) is 10.9. The molecule has 1 atom stereocenters. The Hall–Kier alpha value is -1.75. The molecule has 17 heavy (non-hydrogen) atoms. The molecule has 0 bridgehead atoms. The Morgan fingerprint density at radius 2 is 1.82 bits per heavy atom. The van der Waals surface area contributed by atoms with E-state index in [9.17, 15) is 9.90 Å². The van der Waals surface area contributed by atoms with E-state index in [0.717, 1.165) is 0 Å². The van der Waals surface area contributed by atoms with Crippen molar-refractivity contribution in [3.8, 4) is 11.5 Å². The molecule has 1 aromatic rings. The number of carboxylic acids is 1. The zero-order chi connectivity index (χ0) is 13.0. The number of hydrogen-bond acceptors (Lipinski definition) is 4. The van der Waals surface area contributed by atoms with Crippen LogP contribution in [0.1, 0.15) is 24.2 Å². The van der Waals surface area contributed by atoms with Crippen molar-refractivity contribution in [2.75, 3.05) is 14.2 Å². The van der Waals surface area contributed by atoms with Crippen molar-refractivity contribution in [3.63, 3.8) is 0 Å². The summed E-state index contributed by atoms with van der Waals surface area (Å²) in [5.74, 6) is -0.424. The minimum atomic E-state index is -1.62. The Morgan fingerprint density at radius 1 is 1.29 bits per heavy atom. The molecule has 0 heterocycles. The lowest BCUT2D eigenvalue weighted by Gasteiger charge is -2.18. The molecule has 0 saturated heterocycles. The largest absolute Gasteiger partial charge is 0.496 e. The fraction of sp³-hybridized carbons (Fsp3) is 0.417. The van der Waals surface area contributed by atoms with Gasteiger partial charge < -0.3 is 19.7 Å². The van der Waals surface area contributed by atoms with Gasteiger partial charge in [-0.2, -0.15) is 0 Å². The van der Waals surface area contributed by atoms with Gasteiger partial charge in [-0.15, -0.1) is 0 Å². The Kier molecular flexibility index (Phi) is 4.34. The van der Waals surface area contributed by atoms with Gasteiger partial charge in [0.2, 0.25) is 0 Å². The predicted molar refractivity (Wildman–Crippen MR) is 61.5 cm³/mol. The topological polar surface area (TPSA) is 76.0 Å². The smallest absolute Gasteiger partial charge is 0.337 e. The molecule has 0 fully saturated rings. The summed E-state index contributed by atoms with van der Waals surface area (Å²) in [6, 6.07) is 3.27. The van der Waals surface area contributed by atoms with Crippen molar-refractivity contribution in [3.05, 3.63) is 23.3 Å². The molecule has 0 spiro atoms. The van der Waals surface area contributed by atoms with Crippen LogP contribution in [0.15, 0.2) is 12.1 Å². The fourth-order valence-corrected chi connectivity index (χ4v) is 1.78. The number of ether oxygens (including phenoxy) is 2. The number of rotatable bonds is 5. The molecular formula is C12H16O5. The van der Waals surface area contributed by atoms with Crippen molar-refractivity contribution in [2.24, 2.45) is 0 Å². The lowest BCUT2D eigenvalue weighted by atomic mass is 9.98. The summed E-state index contributed by atoms with van der Waals surface area (Å²) in [5.41, 5.74) is 0.892. The van der Waals surface area contributed by atoms with Gasteiger partial charge in [-0.25, -0.2) is 4.79 Å². The standard InChI is InChI=1S/C12H16O5/c1-4-7-8(16-2)5-6-9(17-3)10(7)11(13)12(14)15/h5-6,11,13H,4H2,1-3H3,(H,14,15). The van der Waals surface area contributed by atoms with Crippen LogP contribution < -0.4 is 9.47 Å². The van der Waals surface area contributed by atoms with Crippen molar-refractivity contribution in [2.45, 2.75) is 19.4 Å². The second kappa shape index (κ2) is 5.54. The van der Waals surface area contributed by atoms with Gasteiger partial charge in [-0.3, -0.25) is 0 Å². The van der Waals surface area contributed by atoms with Gasteiger partial charge in [0, 0.05) is 11.1 Å². The van der Waals surface area contributed by atoms with E-state index in [1.807, 2.05) is 6.92 Å². The van der Waals surface area contributed by atoms with Gasteiger partial charge in [0.1, 0.15) is 11.5 Å². The fourth-order valence-electron chi connectivity index (χ4n) is 1.78. The molecule has 2 N–H and O–H groups in total. The third-order valence-electron chi connectivity index (χ3n) is 2.57. The molecular weight excluding hydrogens is 224 g/mol. The average Bonchev–Trinajstić information content (AvgIpc) is 2.35. The number of aliphatic hydroxyl groups excluding tert-OH is 1. The van der Waals surface area contributed by atoms with E-state index >= 15 is 0 Å². The number of carboxylic acid groups (broad SMARTS) is 1. The van der Waals surface area contributed by atoms with Crippen molar-refractivity contribution < 1.29 is 24.5 Å². The first-order valence-electron chi connectivity index (χ1n) is 5.21. The van der Waals surface area contributed by atoms with E-state index in [-0.39, 0.29) is 5.56 Å². The summed E-state index contributed by atoms with van der Waals surface area (Å²) in [5, 5.41) is 18.6. The molecule has 0 aromatic heterocycles. The number of methoxy groups -OCH3 is 2. The van der Waals surface area contributed by atoms with E-state index in [1.54, 1.807) is 12.1 Å². The van der Waals surface area contributed by atoms with Crippen molar-refractivity contribution in [1.29, 1.82) is 0 Å². The average molecular weight is 240 g/mol. The number of carbonyl (C=O) groups is 1. The minimum absolute atomic E-state index is 0.252. The SMILES string of the molecule is CCc1c(OC)ccc(OC)c1C(O)C(=O)O. The van der Waals surface area contributed by atoms with Gasteiger partial charge in [0.25, 0.3) is 0 Å². The first-order valence-corrected chi connectivity index (χ1v) is 5.21. The number of aliphatic hydroxyl groups is 1. The van der Waals surface area contributed by atoms with Crippen LogP contribution in [0.5, 0.6) is 11.5 Å². The molecule has 1 unspecified atom stereocenters. The zero-order valence-electron chi connectivity index (χ0n) is 10.1. The van der Waals surface area contributed by atoms with Crippen LogP contribution in [0.25, 0.3) is 0 Å². The second-order valence-corrected chi connectivity index (χ2v) is 3.46. The summed E-state index contributed by atoms with van der Waals surface area (Å²) in [6.07, 6.45) is -1.07. The Balaban J connectivity index is 3.44. The maximum absolute atomic E-state index is 10.9. The molecule has 0 radical (unpaired) electrons. The molecule has 0 amide bonds. The number of aliphatic carboxylic acids is 1. The number of hydrogen-bond donors (Lipinski definition) is 2. The first-order chi connectivity index (χ1) is 8.06. The van der Waals surface area contributed by atoms with E-state index in [0.29, 0.717) is 23.5 Å². The van der Waals surface area contributed by atoms with Crippen LogP contribution in [0.4, 0.5) is 0 Å². The lowest BCUT2D eigenvalue weighted by molar-refractivity contribution is -0.147. The molecule has 0 saturated carbocycles. The highest BCUT2D eigenvalue weighted by atomic mass is 16.5. The molecule has 1 aromatic carbocycles. The normalized spacial score (nSPS) is 12.0. The molecule has 1 rings (SSSR count). The van der Waals surface area contributed by atoms with Gasteiger partial charge >= 0.3 is 5.97 Å². The van der Waals surface area contributed by atoms with Crippen LogP contribution in [-0.2, 0) is 11.2 Å². The zero-order valence-corrected chi connectivity index (χ0v) is 10.1. The van der Waals surface area contributed by atoms with Crippen LogP contribution in [0.3, 0.4) is 0 Å². The molecule has 0 aliphatic heterocycles. The van der Waals surface area contributed by atoms with Crippen molar-refractivity contribution in [1.82, 2.24) is 0 Å². The highest BCUT2D eigenvalue weighted by Crippen LogP contribution is 2.35. The predicted octanol–water partition coefficient (Wildman–Crippen LogP) is 1.38. The molecule has 94 valence electrons. The highest BCUT2D eigenvalue weighted by Gasteiger charge is 2.25. The first kappa shape index (κ1) is 13.3. The monoisotopic (exact) mass is 240 g/mol. The van der Waals surface area contributed by atoms with Crippen LogP contribution >= 0.6 is 0 Å². The minimum Gasteiger partial charge on any atom is -0.496 e. The lowest BCUT2D eigenvalue weighted by Crippen LogP contribution is -2.14. The van der Waals surface area contributed by atoms with E-state index in [2.05, 4.69) is 0 Å². The summed E-state index contributed by atoms with van der Waals surface area (Å²) < 4.78 is 10.2. The van der Waals surface area contributed by atoms with Gasteiger partial charge in [-0.05, 0) is 18.6 Å². The Morgan fingerprint density at radius 3 is 2.24 bits per heavy atom. The van der Waals surface area contributed by atoms with Gasteiger partial charge in [0.15, 0.2) is 6.10 Å². The Bertz CT molecular complexity index is 414. The van der Waals surface area contributed by atoms with Crippen LogP contribution in [0.2, 0.25) is 0 Å². The molecule has 0 aliphatic rings. The molecule has 5 heteroatoms. The van der Waals surface area contributed by atoms with Crippen LogP contribution in [0, 0.1) is 0 Å². The quantitative estimate of drug-likeness (QED) is 0.813. The molecule has 5 nitrogen and oxygen atoms in total. The highest BCUT2D eigenvalue weighted by molar-refractivity contribution is 5.76. The maximum atomic E-state index is 10.9. The summed E-state index contributed by atoms with van der Waals surface area (Å²) in [6.45, 7) is 1.86. The van der Waals surface area contributed by atoms with E-state index in [1.165, 1.54) is 14.2 Å². The number of benzene rings is 1. The summed E-state index contributed by atoms with van der Waals surface area (Å²) >= 11 is 0. The molecule has 0 aliphatic carbocycles.